The Morgan fingerprint density at radius 3 is 1.38 bits per heavy atom. The van der Waals surface area contributed by atoms with Crippen molar-refractivity contribution in [1.82, 2.24) is 4.57 Å². The number of nitrogens with zero attached hydrogens (tertiary/aromatic N) is 1. The molecule has 370 valence electrons. The second-order valence-corrected chi connectivity index (χ2v) is 24.0. The van der Waals surface area contributed by atoms with E-state index in [2.05, 4.69) is 244 Å². The van der Waals surface area contributed by atoms with Crippen LogP contribution in [-0.4, -0.2) is 4.57 Å². The van der Waals surface area contributed by atoms with Crippen LogP contribution in [0.1, 0.15) is 115 Å². The van der Waals surface area contributed by atoms with Crippen LogP contribution >= 0.6 is 0 Å². The second-order valence-electron chi connectivity index (χ2n) is 24.0. The Kier molecular flexibility index (Phi) is 9.71. The van der Waals surface area contributed by atoms with Crippen molar-refractivity contribution in [3.8, 4) is 72.4 Å². The van der Waals surface area contributed by atoms with Gasteiger partial charge in [-0.1, -0.05) is 209 Å². The van der Waals surface area contributed by atoms with E-state index in [0.717, 1.165) is 0 Å². The first kappa shape index (κ1) is 45.0. The summed E-state index contributed by atoms with van der Waals surface area (Å²) in [5, 5.41) is 2.55. The molecule has 0 amide bonds. The fourth-order valence-corrected chi connectivity index (χ4v) is 15.6. The minimum atomic E-state index is -0.0547. The van der Waals surface area contributed by atoms with Crippen molar-refractivity contribution in [1.29, 1.82) is 0 Å². The predicted octanol–water partition coefficient (Wildman–Crippen LogP) is 20.3. The van der Waals surface area contributed by atoms with Crippen LogP contribution in [0.3, 0.4) is 0 Å². The monoisotopic (exact) mass is 987 g/mol. The zero-order valence-electron chi connectivity index (χ0n) is 44.4. The van der Waals surface area contributed by atoms with E-state index in [1.54, 1.807) is 22.3 Å². The molecule has 5 aliphatic rings. The molecule has 0 aliphatic heterocycles. The summed E-state index contributed by atoms with van der Waals surface area (Å²) < 4.78 is 2.46. The van der Waals surface area contributed by atoms with Gasteiger partial charge in [0.25, 0.3) is 0 Å². The lowest BCUT2D eigenvalue weighted by atomic mass is 9.74. The predicted molar refractivity (Wildman–Crippen MR) is 324 cm³/mol. The van der Waals surface area contributed by atoms with Crippen molar-refractivity contribution in [2.75, 3.05) is 0 Å². The second kappa shape index (κ2) is 16.6. The third kappa shape index (κ3) is 6.59. The lowest BCUT2D eigenvalue weighted by molar-refractivity contribution is 0.544. The van der Waals surface area contributed by atoms with Crippen molar-refractivity contribution in [2.24, 2.45) is 0 Å². The number of para-hydroxylation sites is 1. The van der Waals surface area contributed by atoms with Crippen molar-refractivity contribution in [3.63, 3.8) is 0 Å². The van der Waals surface area contributed by atoms with E-state index in [1.165, 1.54) is 173 Å². The molecule has 0 N–H and O–H groups in total. The molecule has 1 nitrogen and oxygen atoms in total. The maximum atomic E-state index is 2.69. The standard InChI is InChI=1S/C76H61N/c1-48-16-24-51(25-17-48)55-30-34-60-63-46-71-64(47-70(63)75(68(60)43-55)38-8-9-39-75)61-35-31-56(44-69(61)76(71)40-10-11-41-76)53-28-22-50(23-29-53)19-18-49-20-26-52(27-21-49)54-32-37-73-65(42-54)62-13-5-7-15-72(62)77(73)57-33-36-59-58-12-4-6-14-66(58)74(2,3)67(59)45-57/h4-7,12-37,42-47H,8-11,38-41H2,1-3H3/b19-18+. The van der Waals surface area contributed by atoms with Crippen molar-refractivity contribution in [3.05, 3.63) is 256 Å². The summed E-state index contributed by atoms with van der Waals surface area (Å²) in [4.78, 5) is 0. The molecule has 11 aromatic rings. The molecule has 2 spiro atoms. The van der Waals surface area contributed by atoms with Gasteiger partial charge in [-0.25, -0.2) is 0 Å². The molecule has 0 atom stereocenters. The summed E-state index contributed by atoms with van der Waals surface area (Å²) >= 11 is 0. The highest BCUT2D eigenvalue weighted by molar-refractivity contribution is 6.10. The van der Waals surface area contributed by atoms with Gasteiger partial charge >= 0.3 is 0 Å². The number of benzene rings is 10. The number of fused-ring (bicyclic) bond motifs is 16. The van der Waals surface area contributed by atoms with E-state index in [0.29, 0.717) is 0 Å². The first-order valence-electron chi connectivity index (χ1n) is 28.5. The minimum Gasteiger partial charge on any atom is -0.309 e. The van der Waals surface area contributed by atoms with Gasteiger partial charge in [-0.2, -0.15) is 0 Å². The van der Waals surface area contributed by atoms with E-state index in [-0.39, 0.29) is 16.2 Å². The molecule has 1 aromatic heterocycles. The molecule has 5 aliphatic carbocycles. The van der Waals surface area contributed by atoms with Gasteiger partial charge in [-0.05, 0) is 198 Å². The molecule has 2 saturated carbocycles. The highest BCUT2D eigenvalue weighted by atomic mass is 15.0. The van der Waals surface area contributed by atoms with Crippen LogP contribution in [0.25, 0.3) is 106 Å². The van der Waals surface area contributed by atoms with Crippen molar-refractivity contribution in [2.45, 2.75) is 88.4 Å². The zero-order chi connectivity index (χ0) is 51.2. The van der Waals surface area contributed by atoms with Crippen LogP contribution in [0.2, 0.25) is 0 Å². The minimum absolute atomic E-state index is 0.0547. The van der Waals surface area contributed by atoms with E-state index in [9.17, 15) is 0 Å². The SMILES string of the molecule is Cc1ccc(-c2ccc3c(c2)C2(CCCC2)c2cc4c(cc2-3)C2(CCCC2)c2cc(-c3ccc(/C=C/c5ccc(-c6ccc7c(c6)c6ccccc6n7-c6ccc7c(c6)C(C)(C)c6ccccc6-7)cc5)cc3)ccc2-4)cc1. The fourth-order valence-electron chi connectivity index (χ4n) is 15.6. The Bertz CT molecular complexity index is 4270. The molecule has 0 saturated heterocycles. The van der Waals surface area contributed by atoms with Crippen molar-refractivity contribution < 1.29 is 0 Å². The molecule has 1 heterocycles. The van der Waals surface area contributed by atoms with Gasteiger partial charge in [-0.3, -0.25) is 0 Å². The van der Waals surface area contributed by atoms with Gasteiger partial charge < -0.3 is 4.57 Å². The molecular formula is C76H61N. The number of rotatable bonds is 6. The Morgan fingerprint density at radius 2 is 0.779 bits per heavy atom. The van der Waals surface area contributed by atoms with Gasteiger partial charge in [0.2, 0.25) is 0 Å². The third-order valence-electron chi connectivity index (χ3n) is 19.6. The van der Waals surface area contributed by atoms with Crippen LogP contribution in [0.15, 0.2) is 206 Å². The number of aromatic nitrogens is 1. The molecular weight excluding hydrogens is 927 g/mol. The highest BCUT2D eigenvalue weighted by Gasteiger charge is 2.50. The Labute approximate surface area is 453 Å². The van der Waals surface area contributed by atoms with Gasteiger partial charge in [0, 0.05) is 32.7 Å². The molecule has 0 radical (unpaired) electrons. The lowest BCUT2D eigenvalue weighted by Gasteiger charge is -2.29. The van der Waals surface area contributed by atoms with Gasteiger partial charge in [0.15, 0.2) is 0 Å². The maximum Gasteiger partial charge on any atom is 0.0541 e. The average molecular weight is 988 g/mol. The molecule has 0 unspecified atom stereocenters. The third-order valence-corrected chi connectivity index (χ3v) is 19.6. The first-order chi connectivity index (χ1) is 37.7. The lowest BCUT2D eigenvalue weighted by Crippen LogP contribution is -2.22. The zero-order valence-corrected chi connectivity index (χ0v) is 44.4. The molecule has 0 bridgehead atoms. The summed E-state index contributed by atoms with van der Waals surface area (Å²) in [6.45, 7) is 6.91. The van der Waals surface area contributed by atoms with E-state index >= 15 is 0 Å². The number of hydrogen-bond acceptors (Lipinski definition) is 0. The Morgan fingerprint density at radius 1 is 0.338 bits per heavy atom. The Hall–Kier alpha value is -8.26. The maximum absolute atomic E-state index is 2.69. The van der Waals surface area contributed by atoms with Gasteiger partial charge in [0.1, 0.15) is 0 Å². The molecule has 2 fully saturated rings. The Balaban J connectivity index is 0.662. The van der Waals surface area contributed by atoms with E-state index in [1.807, 2.05) is 0 Å². The number of hydrogen-bond donors (Lipinski definition) is 0. The largest absolute Gasteiger partial charge is 0.309 e. The van der Waals surface area contributed by atoms with Crippen LogP contribution in [0.5, 0.6) is 0 Å². The fraction of sp³-hybridized carbons (Fsp3) is 0.184. The topological polar surface area (TPSA) is 4.93 Å². The van der Waals surface area contributed by atoms with E-state index < -0.39 is 0 Å². The van der Waals surface area contributed by atoms with Crippen LogP contribution in [0.4, 0.5) is 0 Å². The first-order valence-corrected chi connectivity index (χ1v) is 28.5. The summed E-state index contributed by atoms with van der Waals surface area (Å²) in [7, 11) is 0. The number of aryl methyl sites for hydroxylation is 1. The summed E-state index contributed by atoms with van der Waals surface area (Å²) in [6, 6.07) is 79.5. The molecule has 10 aromatic carbocycles. The van der Waals surface area contributed by atoms with E-state index in [4.69, 9.17) is 0 Å². The smallest absolute Gasteiger partial charge is 0.0541 e. The quantitative estimate of drug-likeness (QED) is 0.146. The summed E-state index contributed by atoms with van der Waals surface area (Å²) in [6.07, 6.45) is 14.6. The normalized spacial score (nSPS) is 16.6. The van der Waals surface area contributed by atoms with Crippen LogP contribution in [0, 0.1) is 6.92 Å². The van der Waals surface area contributed by atoms with Crippen molar-refractivity contribution >= 4 is 34.0 Å². The molecule has 1 heteroatoms. The van der Waals surface area contributed by atoms with Crippen LogP contribution in [-0.2, 0) is 16.2 Å². The molecule has 16 rings (SSSR count). The highest BCUT2D eigenvalue weighted by Crippen LogP contribution is 2.63. The van der Waals surface area contributed by atoms with Gasteiger partial charge in [0.05, 0.1) is 11.0 Å². The molecule has 77 heavy (non-hydrogen) atoms. The summed E-state index contributed by atoms with van der Waals surface area (Å²) in [5.41, 5.74) is 33.0. The average Bonchev–Trinajstić information content (AvgIpc) is 4.35. The van der Waals surface area contributed by atoms with Gasteiger partial charge in [-0.15, -0.1) is 0 Å². The summed E-state index contributed by atoms with van der Waals surface area (Å²) in [5.74, 6) is 0. The van der Waals surface area contributed by atoms with Crippen LogP contribution < -0.4 is 0 Å².